The fourth-order valence-electron chi connectivity index (χ4n) is 4.02. The number of benzene rings is 2. The van der Waals surface area contributed by atoms with Gasteiger partial charge in [-0.2, -0.15) is 5.10 Å². The van der Waals surface area contributed by atoms with Gasteiger partial charge in [0, 0.05) is 24.5 Å². The first-order chi connectivity index (χ1) is 14.6. The number of hydrazine groups is 1. The van der Waals surface area contributed by atoms with Crippen LogP contribution in [0.1, 0.15) is 50.1 Å². The summed E-state index contributed by atoms with van der Waals surface area (Å²) in [6, 6.07) is 15.1. The second kappa shape index (κ2) is 9.82. The van der Waals surface area contributed by atoms with Gasteiger partial charge in [-0.3, -0.25) is 15.2 Å². The summed E-state index contributed by atoms with van der Waals surface area (Å²) in [4.78, 5) is 13.0. The highest BCUT2D eigenvalue weighted by atomic mass is 35.5. The van der Waals surface area contributed by atoms with Crippen LogP contribution in [0.2, 0.25) is 10.0 Å². The van der Waals surface area contributed by atoms with Crippen molar-refractivity contribution in [2.24, 2.45) is 5.10 Å². The summed E-state index contributed by atoms with van der Waals surface area (Å²) >= 11 is 12.5. The van der Waals surface area contributed by atoms with Crippen LogP contribution >= 0.6 is 23.2 Å². The number of nitrogens with zero attached hydrogens (tertiary/aromatic N) is 3. The van der Waals surface area contributed by atoms with Crippen molar-refractivity contribution in [3.63, 3.8) is 0 Å². The van der Waals surface area contributed by atoms with Crippen LogP contribution in [-0.2, 0) is 4.79 Å². The molecule has 0 spiro atoms. The van der Waals surface area contributed by atoms with E-state index >= 15 is 0 Å². The van der Waals surface area contributed by atoms with Crippen molar-refractivity contribution in [1.82, 2.24) is 10.4 Å². The molecule has 2 aromatic rings. The summed E-state index contributed by atoms with van der Waals surface area (Å²) in [6.07, 6.45) is 6.42. The molecule has 4 rings (SSSR count). The zero-order valence-electron chi connectivity index (χ0n) is 16.9. The first-order valence-corrected chi connectivity index (χ1v) is 11.3. The van der Waals surface area contributed by atoms with E-state index in [0.29, 0.717) is 22.2 Å². The van der Waals surface area contributed by atoms with Gasteiger partial charge >= 0.3 is 0 Å². The smallest absolute Gasteiger partial charge is 0.281 e. The average Bonchev–Trinajstić information content (AvgIpc) is 3.16. The molecule has 158 valence electrons. The highest BCUT2D eigenvalue weighted by Gasteiger charge is 2.33. The molecule has 5 nitrogen and oxygen atoms in total. The molecule has 1 unspecified atom stereocenters. The molecule has 7 heteroatoms. The first-order valence-electron chi connectivity index (χ1n) is 10.5. The Kier molecular flexibility index (Phi) is 6.93. The zero-order valence-corrected chi connectivity index (χ0v) is 18.4. The van der Waals surface area contributed by atoms with Crippen molar-refractivity contribution in [1.29, 1.82) is 0 Å². The van der Waals surface area contributed by atoms with Crippen LogP contribution in [0.15, 0.2) is 53.6 Å². The molecule has 2 aromatic carbocycles. The number of halogens is 2. The molecular formula is C23H26Cl2N4O. The summed E-state index contributed by atoms with van der Waals surface area (Å²) in [7, 11) is 0. The van der Waals surface area contributed by atoms with Gasteiger partial charge in [-0.25, -0.2) is 5.01 Å². The zero-order chi connectivity index (χ0) is 20.9. The van der Waals surface area contributed by atoms with Crippen molar-refractivity contribution < 1.29 is 4.79 Å². The van der Waals surface area contributed by atoms with Gasteiger partial charge in [-0.05, 0) is 42.7 Å². The van der Waals surface area contributed by atoms with Crippen LogP contribution in [0, 0.1) is 0 Å². The van der Waals surface area contributed by atoms with Gasteiger partial charge in [0.05, 0.1) is 16.8 Å². The Bertz CT molecular complexity index is 908. The van der Waals surface area contributed by atoms with E-state index in [1.807, 2.05) is 58.5 Å². The van der Waals surface area contributed by atoms with Crippen molar-refractivity contribution in [3.8, 4) is 0 Å². The number of hydrogen-bond acceptors (Lipinski definition) is 4. The molecule has 1 N–H and O–H groups in total. The Hall–Kier alpha value is -2.08. The topological polar surface area (TPSA) is 47.9 Å². The van der Waals surface area contributed by atoms with Crippen molar-refractivity contribution in [3.05, 3.63) is 64.1 Å². The first kappa shape index (κ1) is 21.2. The standard InChI is InChI=1S/C23H26Cl2N4O/c24-18-12-10-17(11-13-18)22-16-20(26-29(22)21-9-5-4-8-19(21)25)23(30)27-28-14-6-2-1-3-7-15-28/h4-5,8-13,22H,1-3,6-7,14-16H2,(H,27,30). The van der Waals surface area contributed by atoms with Gasteiger partial charge in [0.25, 0.3) is 5.91 Å². The summed E-state index contributed by atoms with van der Waals surface area (Å²) in [6.45, 7) is 1.77. The van der Waals surface area contributed by atoms with E-state index in [1.54, 1.807) is 0 Å². The van der Waals surface area contributed by atoms with Crippen LogP contribution in [0.5, 0.6) is 0 Å². The minimum Gasteiger partial charge on any atom is -0.284 e. The number of carbonyl (C=O) groups excluding carboxylic acids is 1. The molecule has 0 bridgehead atoms. The highest BCUT2D eigenvalue weighted by Crippen LogP contribution is 2.38. The number of amides is 1. The lowest BCUT2D eigenvalue weighted by Crippen LogP contribution is -2.46. The van der Waals surface area contributed by atoms with Crippen LogP contribution in [0.25, 0.3) is 0 Å². The van der Waals surface area contributed by atoms with E-state index in [2.05, 4.69) is 5.43 Å². The maximum Gasteiger partial charge on any atom is 0.281 e. The fourth-order valence-corrected chi connectivity index (χ4v) is 4.37. The largest absolute Gasteiger partial charge is 0.284 e. The predicted molar refractivity (Wildman–Crippen MR) is 123 cm³/mol. The lowest BCUT2D eigenvalue weighted by molar-refractivity contribution is -0.119. The van der Waals surface area contributed by atoms with E-state index in [-0.39, 0.29) is 11.9 Å². The van der Waals surface area contributed by atoms with Crippen molar-refractivity contribution in [2.75, 3.05) is 18.1 Å². The van der Waals surface area contributed by atoms with Crippen LogP contribution in [-0.4, -0.2) is 29.7 Å². The van der Waals surface area contributed by atoms with Crippen molar-refractivity contribution >= 4 is 40.5 Å². The number of hydrogen-bond donors (Lipinski definition) is 1. The molecule has 0 aromatic heterocycles. The van der Waals surface area contributed by atoms with Crippen LogP contribution in [0.3, 0.4) is 0 Å². The molecule has 1 saturated heterocycles. The van der Waals surface area contributed by atoms with Gasteiger partial charge in [0.2, 0.25) is 0 Å². The second-order valence-electron chi connectivity index (χ2n) is 7.81. The lowest BCUT2D eigenvalue weighted by atomic mass is 10.0. The molecule has 0 saturated carbocycles. The van der Waals surface area contributed by atoms with Crippen LogP contribution < -0.4 is 10.4 Å². The summed E-state index contributed by atoms with van der Waals surface area (Å²) in [5, 5.41) is 9.88. The maximum absolute atomic E-state index is 13.0. The van der Waals surface area contributed by atoms with E-state index < -0.39 is 0 Å². The molecule has 0 radical (unpaired) electrons. The van der Waals surface area contributed by atoms with E-state index in [1.165, 1.54) is 19.3 Å². The minimum atomic E-state index is -0.135. The number of nitrogens with one attached hydrogen (secondary N) is 1. The molecule has 2 heterocycles. The highest BCUT2D eigenvalue weighted by molar-refractivity contribution is 6.40. The molecular weight excluding hydrogens is 419 g/mol. The third-order valence-electron chi connectivity index (χ3n) is 5.64. The second-order valence-corrected chi connectivity index (χ2v) is 8.65. The van der Waals surface area contributed by atoms with Gasteiger partial charge < -0.3 is 0 Å². The number of anilines is 1. The van der Waals surface area contributed by atoms with Gasteiger partial charge in [0.15, 0.2) is 0 Å². The summed E-state index contributed by atoms with van der Waals surface area (Å²) in [5.41, 5.74) is 5.41. The van der Waals surface area contributed by atoms with Crippen LogP contribution in [0.4, 0.5) is 5.69 Å². The van der Waals surface area contributed by atoms with E-state index in [9.17, 15) is 4.79 Å². The normalized spacial score (nSPS) is 20.4. The Balaban J connectivity index is 1.57. The van der Waals surface area contributed by atoms with Crippen molar-refractivity contribution in [2.45, 2.75) is 44.6 Å². The predicted octanol–water partition coefficient (Wildman–Crippen LogP) is 5.60. The Morgan fingerprint density at radius 1 is 0.933 bits per heavy atom. The summed E-state index contributed by atoms with van der Waals surface area (Å²) in [5.74, 6) is -0.135. The summed E-state index contributed by atoms with van der Waals surface area (Å²) < 4.78 is 0. The Labute approximate surface area is 187 Å². The number of carbonyl (C=O) groups is 1. The Morgan fingerprint density at radius 2 is 1.60 bits per heavy atom. The molecule has 2 aliphatic rings. The number of rotatable bonds is 4. The van der Waals surface area contributed by atoms with Gasteiger partial charge in [0.1, 0.15) is 5.71 Å². The third kappa shape index (κ3) is 4.97. The number of para-hydroxylation sites is 1. The van der Waals surface area contributed by atoms with E-state index in [4.69, 9.17) is 28.3 Å². The quantitative estimate of drug-likeness (QED) is 0.667. The SMILES string of the molecule is O=C(NN1CCCCCCC1)C1=NN(c2ccccc2Cl)C(c2ccc(Cl)cc2)C1. The third-order valence-corrected chi connectivity index (χ3v) is 6.21. The molecule has 1 amide bonds. The number of hydrazone groups is 1. The lowest BCUT2D eigenvalue weighted by Gasteiger charge is -2.25. The molecule has 1 fully saturated rings. The molecule has 1 atom stereocenters. The Morgan fingerprint density at radius 3 is 2.30 bits per heavy atom. The monoisotopic (exact) mass is 444 g/mol. The fraction of sp³-hybridized carbons (Fsp3) is 0.391. The average molecular weight is 445 g/mol. The molecule has 0 aliphatic carbocycles. The molecule has 2 aliphatic heterocycles. The maximum atomic E-state index is 13.0. The molecule has 30 heavy (non-hydrogen) atoms. The minimum absolute atomic E-state index is 0.116. The van der Waals surface area contributed by atoms with Gasteiger partial charge in [-0.15, -0.1) is 0 Å². The van der Waals surface area contributed by atoms with Gasteiger partial charge in [-0.1, -0.05) is 66.7 Å². The van der Waals surface area contributed by atoms with E-state index in [0.717, 1.165) is 37.2 Å².